The molecule has 2 aliphatic heterocycles. The topological polar surface area (TPSA) is 47.0 Å². The van der Waals surface area contributed by atoms with Gasteiger partial charge in [-0.15, -0.1) is 0 Å². The Kier molecular flexibility index (Phi) is 9.47. The molecule has 0 unspecified atom stereocenters. The predicted octanol–water partition coefficient (Wildman–Crippen LogP) is 14.8. The van der Waals surface area contributed by atoms with E-state index in [-0.39, 0.29) is 10.8 Å². The van der Waals surface area contributed by atoms with E-state index < -0.39 is 11.1 Å². The summed E-state index contributed by atoms with van der Waals surface area (Å²) >= 11 is 0. The average Bonchev–Trinajstić information content (AvgIpc) is 3.61. The zero-order chi connectivity index (χ0) is 43.4. The van der Waals surface area contributed by atoms with Crippen molar-refractivity contribution in [3.8, 4) is 22.6 Å². The largest absolute Gasteiger partial charge is 0.468 e. The molecule has 5 heteroatoms. The molecule has 3 heterocycles. The maximum Gasteiger partial charge on any atom is 0.217 e. The van der Waals surface area contributed by atoms with Crippen molar-refractivity contribution in [3.05, 3.63) is 165 Å². The third-order valence-electron chi connectivity index (χ3n) is 14.2. The summed E-state index contributed by atoms with van der Waals surface area (Å²) in [5.41, 5.74) is 15.8. The van der Waals surface area contributed by atoms with Gasteiger partial charge < -0.3 is 9.47 Å². The second-order valence-corrected chi connectivity index (χ2v) is 20.3. The molecular weight excluding hydrogens is 747 g/mol. The third-order valence-corrected chi connectivity index (χ3v) is 14.2. The Bertz CT molecular complexity index is 2740. The lowest BCUT2D eigenvalue weighted by Crippen LogP contribution is -2.41. The number of aromatic nitrogens is 1. The number of rotatable bonds is 7. The Morgan fingerprint density at radius 1 is 0.689 bits per heavy atom. The molecule has 3 aliphatic rings. The maximum absolute atomic E-state index is 7.10. The van der Waals surface area contributed by atoms with E-state index >= 15 is 0 Å². The van der Waals surface area contributed by atoms with Gasteiger partial charge in [-0.25, -0.2) is 9.98 Å². The van der Waals surface area contributed by atoms with Crippen molar-refractivity contribution in [1.82, 2.24) is 4.98 Å². The van der Waals surface area contributed by atoms with E-state index in [9.17, 15) is 0 Å². The van der Waals surface area contributed by atoms with Crippen molar-refractivity contribution < 1.29 is 9.47 Å². The van der Waals surface area contributed by atoms with E-state index in [1.165, 1.54) is 55.6 Å². The zero-order valence-corrected chi connectivity index (χ0v) is 38.4. The van der Waals surface area contributed by atoms with E-state index in [0.717, 1.165) is 46.2 Å². The first-order valence-electron chi connectivity index (χ1n) is 22.2. The van der Waals surface area contributed by atoms with Crippen LogP contribution in [0.3, 0.4) is 0 Å². The zero-order valence-electron chi connectivity index (χ0n) is 38.4. The summed E-state index contributed by atoms with van der Waals surface area (Å²) in [6.07, 6.45) is 2.75. The Balaban J connectivity index is 1.21. The number of aliphatic imine (C=N–C) groups is 1. The van der Waals surface area contributed by atoms with Crippen LogP contribution in [0.1, 0.15) is 144 Å². The molecule has 0 amide bonds. The van der Waals surface area contributed by atoms with E-state index in [1.807, 2.05) is 6.20 Å². The highest BCUT2D eigenvalue weighted by Crippen LogP contribution is 2.55. The summed E-state index contributed by atoms with van der Waals surface area (Å²) < 4.78 is 14.2. The van der Waals surface area contributed by atoms with Crippen LogP contribution in [0.4, 0.5) is 17.2 Å². The van der Waals surface area contributed by atoms with Gasteiger partial charge in [0.15, 0.2) is 0 Å². The molecule has 1 aromatic heterocycles. The summed E-state index contributed by atoms with van der Waals surface area (Å²) in [7, 11) is 0. The van der Waals surface area contributed by atoms with Crippen molar-refractivity contribution in [2.45, 2.75) is 130 Å². The van der Waals surface area contributed by atoms with Gasteiger partial charge in [0.1, 0.15) is 28.5 Å². The summed E-state index contributed by atoms with van der Waals surface area (Å²) in [6, 6.07) is 37.5. The summed E-state index contributed by atoms with van der Waals surface area (Å²) in [6.45, 7) is 29.4. The highest BCUT2D eigenvalue weighted by molar-refractivity contribution is 5.98. The summed E-state index contributed by atoms with van der Waals surface area (Å²) in [4.78, 5) is 12.8. The van der Waals surface area contributed by atoms with Gasteiger partial charge in [-0.1, -0.05) is 117 Å². The van der Waals surface area contributed by atoms with Crippen molar-refractivity contribution in [1.29, 1.82) is 0 Å². The minimum atomic E-state index is -0.518. The Hall–Kier alpha value is -5.68. The highest BCUT2D eigenvalue weighted by atomic mass is 16.5. The van der Waals surface area contributed by atoms with Crippen molar-refractivity contribution in [3.63, 3.8) is 0 Å². The summed E-state index contributed by atoms with van der Waals surface area (Å²) in [5.74, 6) is 3.69. The molecule has 5 aromatic carbocycles. The Morgan fingerprint density at radius 3 is 2.07 bits per heavy atom. The number of hydrogen-bond donors (Lipinski definition) is 0. The minimum absolute atomic E-state index is 0.0331. The lowest BCUT2D eigenvalue weighted by molar-refractivity contribution is 0.0475. The monoisotopic (exact) mass is 807 g/mol. The number of nitrogens with zero attached hydrogens (tertiary/aromatic N) is 3. The van der Waals surface area contributed by atoms with Gasteiger partial charge in [-0.05, 0) is 149 Å². The lowest BCUT2D eigenvalue weighted by atomic mass is 9.73. The van der Waals surface area contributed by atoms with E-state index in [1.54, 1.807) is 0 Å². The van der Waals surface area contributed by atoms with Crippen LogP contribution in [0.15, 0.2) is 114 Å². The van der Waals surface area contributed by atoms with Crippen LogP contribution in [-0.2, 0) is 27.5 Å². The number of anilines is 3. The first-order chi connectivity index (χ1) is 28.8. The number of aryl methyl sites for hydroxylation is 1. The van der Waals surface area contributed by atoms with Gasteiger partial charge in [-0.3, -0.25) is 4.90 Å². The number of ether oxygens (including phenoxy) is 2. The molecular formula is C56H61N3O2. The number of fused-ring (bicyclic) bond motifs is 5. The predicted molar refractivity (Wildman–Crippen MR) is 253 cm³/mol. The molecule has 1 aliphatic carbocycles. The van der Waals surface area contributed by atoms with Crippen molar-refractivity contribution >= 4 is 23.1 Å². The van der Waals surface area contributed by atoms with Crippen LogP contribution in [0.25, 0.3) is 11.1 Å². The fraction of sp³-hybridized carbons (Fsp3) is 0.357. The quantitative estimate of drug-likeness (QED) is 0.161. The normalized spacial score (nSPS) is 19.9. The standard InChI is InChI=1S/C56H61N3O2/c1-33(2)42-17-16-18-43(34(3)4)51(42)37-27-38(52-58-56(13)45-23-21-35(5)36(6)44(45)32-55(56,12)61-52)29-41(28-37)60-40-22-24-47-49(31-40)59(48-20-15-14-19-46(48)54(47,10)11)50-30-39(25-26-57-50)53(7,8)9/h14-31,33-34H,32H2,1-13H3/t55-,56+/m0/s1. The van der Waals surface area contributed by atoms with Gasteiger partial charge in [0.2, 0.25) is 5.90 Å². The third kappa shape index (κ3) is 6.49. The van der Waals surface area contributed by atoms with Crippen LogP contribution in [-0.4, -0.2) is 16.5 Å². The van der Waals surface area contributed by atoms with Gasteiger partial charge >= 0.3 is 0 Å². The fourth-order valence-corrected chi connectivity index (χ4v) is 10.2. The molecule has 6 aromatic rings. The fourth-order valence-electron chi connectivity index (χ4n) is 10.2. The lowest BCUT2D eigenvalue weighted by Gasteiger charge is -2.41. The number of hydrogen-bond acceptors (Lipinski definition) is 5. The summed E-state index contributed by atoms with van der Waals surface area (Å²) in [5, 5.41) is 0. The molecule has 0 saturated heterocycles. The Labute approximate surface area is 363 Å². The van der Waals surface area contributed by atoms with Crippen molar-refractivity contribution in [2.75, 3.05) is 4.90 Å². The highest BCUT2D eigenvalue weighted by Gasteiger charge is 2.59. The molecule has 0 radical (unpaired) electrons. The van der Waals surface area contributed by atoms with Gasteiger partial charge in [0.05, 0.1) is 11.4 Å². The van der Waals surface area contributed by atoms with Crippen LogP contribution >= 0.6 is 0 Å². The smallest absolute Gasteiger partial charge is 0.217 e. The molecule has 0 spiro atoms. The number of benzene rings is 5. The molecule has 5 nitrogen and oxygen atoms in total. The molecule has 312 valence electrons. The van der Waals surface area contributed by atoms with Crippen LogP contribution in [0, 0.1) is 13.8 Å². The molecule has 0 N–H and O–H groups in total. The van der Waals surface area contributed by atoms with Gasteiger partial charge in [-0.2, -0.15) is 0 Å². The van der Waals surface area contributed by atoms with Crippen LogP contribution < -0.4 is 9.64 Å². The van der Waals surface area contributed by atoms with E-state index in [4.69, 9.17) is 19.5 Å². The first-order valence-corrected chi connectivity index (χ1v) is 22.2. The van der Waals surface area contributed by atoms with E-state index in [0.29, 0.717) is 17.7 Å². The molecule has 0 bridgehead atoms. The van der Waals surface area contributed by atoms with Crippen LogP contribution in [0.2, 0.25) is 0 Å². The van der Waals surface area contributed by atoms with Crippen molar-refractivity contribution in [2.24, 2.45) is 4.99 Å². The number of pyridine rings is 1. The molecule has 0 fully saturated rings. The molecule has 9 rings (SSSR count). The molecule has 2 atom stereocenters. The van der Waals surface area contributed by atoms with Gasteiger partial charge in [0.25, 0.3) is 0 Å². The second kappa shape index (κ2) is 14.2. The average molecular weight is 808 g/mol. The number of para-hydroxylation sites is 1. The SMILES string of the molecule is Cc1ccc2c(c1C)C[C@]1(C)OC(c3cc(Oc4ccc5c(c4)N(c4cc(C(C)(C)C)ccn4)c4ccccc4C5(C)C)cc(-c4c(C(C)C)cccc4C(C)C)c3)=N[C@]21C. The van der Waals surface area contributed by atoms with E-state index in [2.05, 4.69) is 198 Å². The van der Waals surface area contributed by atoms with Gasteiger partial charge in [0, 0.05) is 29.7 Å². The second-order valence-electron chi connectivity index (χ2n) is 20.3. The first kappa shape index (κ1) is 40.7. The molecule has 0 saturated carbocycles. The van der Waals surface area contributed by atoms with Crippen LogP contribution in [0.5, 0.6) is 11.5 Å². The molecule has 61 heavy (non-hydrogen) atoms. The Morgan fingerprint density at radius 2 is 1.36 bits per heavy atom. The minimum Gasteiger partial charge on any atom is -0.468 e. The maximum atomic E-state index is 7.10.